The van der Waals surface area contributed by atoms with Gasteiger partial charge in [0, 0.05) is 18.3 Å². The summed E-state index contributed by atoms with van der Waals surface area (Å²) in [6.45, 7) is 0.365. The Kier molecular flexibility index (Phi) is 5.44. The number of ether oxygens (including phenoxy) is 2. The van der Waals surface area contributed by atoms with Crippen LogP contribution in [0.15, 0.2) is 24.3 Å². The zero-order chi connectivity index (χ0) is 18.0. The molecular formula is C18H21Cl2NO4. The van der Waals surface area contributed by atoms with Crippen molar-refractivity contribution in [1.29, 1.82) is 0 Å². The van der Waals surface area contributed by atoms with Crippen LogP contribution in [0, 0.1) is 5.92 Å². The van der Waals surface area contributed by atoms with E-state index in [2.05, 4.69) is 0 Å². The quantitative estimate of drug-likeness (QED) is 0.509. The lowest BCUT2D eigenvalue weighted by atomic mass is 9.76. The maximum absolute atomic E-state index is 13.0. The second-order valence-corrected chi connectivity index (χ2v) is 7.17. The summed E-state index contributed by atoms with van der Waals surface area (Å²) >= 11 is 11.7. The highest BCUT2D eigenvalue weighted by Gasteiger charge is 2.70. The molecule has 2 aliphatic rings. The van der Waals surface area contributed by atoms with Crippen molar-refractivity contribution >= 4 is 35.1 Å². The minimum atomic E-state index is -0.773. The summed E-state index contributed by atoms with van der Waals surface area (Å²) in [5.74, 6) is 0.756. The van der Waals surface area contributed by atoms with E-state index in [1.807, 2.05) is 24.3 Å². The van der Waals surface area contributed by atoms with Gasteiger partial charge in [0.05, 0.1) is 13.0 Å². The number of likely N-dealkylation sites (tertiary alicyclic amines) is 1. The van der Waals surface area contributed by atoms with Gasteiger partial charge in [0.25, 0.3) is 0 Å². The van der Waals surface area contributed by atoms with Gasteiger partial charge in [-0.25, -0.2) is 4.79 Å². The first-order chi connectivity index (χ1) is 12.1. The Hall–Kier alpha value is -1.46. The molecule has 1 aromatic rings. The van der Waals surface area contributed by atoms with Crippen molar-refractivity contribution in [3.63, 3.8) is 0 Å². The van der Waals surface area contributed by atoms with Gasteiger partial charge >= 0.3 is 5.97 Å². The molecule has 2 saturated heterocycles. The highest BCUT2D eigenvalue weighted by atomic mass is 35.5. The molecule has 7 heteroatoms. The molecule has 1 aromatic carbocycles. The summed E-state index contributed by atoms with van der Waals surface area (Å²) in [6.07, 6.45) is 1.76. The van der Waals surface area contributed by atoms with Crippen LogP contribution in [0.4, 0.5) is 0 Å². The fourth-order valence-corrected chi connectivity index (χ4v) is 4.26. The smallest absolute Gasteiger partial charge is 0.333 e. The van der Waals surface area contributed by atoms with E-state index in [0.717, 1.165) is 11.3 Å². The molecule has 1 amide bonds. The van der Waals surface area contributed by atoms with Gasteiger partial charge in [-0.3, -0.25) is 4.79 Å². The number of alkyl halides is 2. The Balaban J connectivity index is 1.85. The third-order valence-electron chi connectivity index (χ3n) is 5.07. The van der Waals surface area contributed by atoms with Crippen LogP contribution in [0.2, 0.25) is 0 Å². The first-order valence-corrected chi connectivity index (χ1v) is 9.42. The number of amides is 1. The predicted octanol–water partition coefficient (Wildman–Crippen LogP) is 2.97. The zero-order valence-electron chi connectivity index (χ0n) is 14.0. The number of hydrogen-bond acceptors (Lipinski definition) is 4. The van der Waals surface area contributed by atoms with Gasteiger partial charge in [-0.1, -0.05) is 12.1 Å². The molecule has 5 nitrogen and oxygen atoms in total. The molecule has 25 heavy (non-hydrogen) atoms. The topological polar surface area (TPSA) is 55.8 Å². The van der Waals surface area contributed by atoms with E-state index in [9.17, 15) is 9.59 Å². The Bertz CT molecular complexity index is 651. The summed E-state index contributed by atoms with van der Waals surface area (Å²) in [4.78, 5) is 26.8. The number of benzene rings is 1. The van der Waals surface area contributed by atoms with Gasteiger partial charge < -0.3 is 14.4 Å². The van der Waals surface area contributed by atoms with Gasteiger partial charge in [0.15, 0.2) is 11.6 Å². The second kappa shape index (κ2) is 7.42. The molecule has 2 fully saturated rings. The molecule has 0 aromatic heterocycles. The highest BCUT2D eigenvalue weighted by Crippen LogP contribution is 2.50. The van der Waals surface area contributed by atoms with Crippen LogP contribution in [-0.2, 0) is 20.9 Å². The number of fused-ring (bicyclic) bond motifs is 1. The average Bonchev–Trinajstić information content (AvgIpc) is 2.79. The molecular weight excluding hydrogens is 365 g/mol. The van der Waals surface area contributed by atoms with Crippen molar-refractivity contribution in [3.8, 4) is 5.75 Å². The van der Waals surface area contributed by atoms with Crippen LogP contribution < -0.4 is 4.74 Å². The normalized spacial score (nSPS) is 27.7. The first-order valence-electron chi connectivity index (χ1n) is 8.35. The number of esters is 1. The summed E-state index contributed by atoms with van der Waals surface area (Å²) in [6, 6.07) is 6.92. The van der Waals surface area contributed by atoms with Gasteiger partial charge in [-0.2, -0.15) is 0 Å². The molecule has 2 aliphatic heterocycles. The predicted molar refractivity (Wildman–Crippen MR) is 94.9 cm³/mol. The van der Waals surface area contributed by atoms with Crippen LogP contribution in [0.5, 0.6) is 5.75 Å². The fraction of sp³-hybridized carbons (Fsp3) is 0.556. The van der Waals surface area contributed by atoms with Gasteiger partial charge in [-0.15, -0.1) is 23.2 Å². The van der Waals surface area contributed by atoms with E-state index < -0.39 is 17.6 Å². The number of hydrogen-bond donors (Lipinski definition) is 0. The number of carbonyl (C=O) groups is 2. The number of nitrogens with zero attached hydrogens (tertiary/aromatic N) is 1. The van der Waals surface area contributed by atoms with Crippen LogP contribution in [-0.4, -0.2) is 47.3 Å². The number of carbonyl (C=O) groups excluding carboxylic acids is 2. The van der Waals surface area contributed by atoms with Crippen LogP contribution >= 0.6 is 23.2 Å². The van der Waals surface area contributed by atoms with E-state index >= 15 is 0 Å². The minimum Gasteiger partial charge on any atom is -0.497 e. The zero-order valence-corrected chi connectivity index (χ0v) is 15.6. The fourth-order valence-electron chi connectivity index (χ4n) is 3.91. The highest BCUT2D eigenvalue weighted by molar-refractivity contribution is 6.18. The molecule has 0 spiro atoms. The Morgan fingerprint density at radius 2 is 1.92 bits per heavy atom. The third-order valence-corrected chi connectivity index (χ3v) is 5.56. The lowest BCUT2D eigenvalue weighted by Gasteiger charge is -2.46. The van der Waals surface area contributed by atoms with Gasteiger partial charge in [0.2, 0.25) is 5.91 Å². The van der Waals surface area contributed by atoms with Crippen LogP contribution in [0.25, 0.3) is 0 Å². The van der Waals surface area contributed by atoms with E-state index in [-0.39, 0.29) is 11.9 Å². The van der Waals surface area contributed by atoms with Gasteiger partial charge in [0.1, 0.15) is 5.75 Å². The molecule has 0 N–H and O–H groups in total. The molecule has 0 aliphatic carbocycles. The third kappa shape index (κ3) is 3.08. The van der Waals surface area contributed by atoms with E-state index in [1.54, 1.807) is 12.0 Å². The molecule has 0 radical (unpaired) electrons. The van der Waals surface area contributed by atoms with Crippen LogP contribution in [0.3, 0.4) is 0 Å². The molecule has 0 unspecified atom stereocenters. The summed E-state index contributed by atoms with van der Waals surface area (Å²) in [5, 5.41) is 0. The Morgan fingerprint density at radius 1 is 1.20 bits per heavy atom. The monoisotopic (exact) mass is 385 g/mol. The minimum absolute atomic E-state index is 0.0677. The van der Waals surface area contributed by atoms with Crippen molar-refractivity contribution in [2.24, 2.45) is 5.92 Å². The number of halogens is 2. The van der Waals surface area contributed by atoms with E-state index in [1.165, 1.54) is 0 Å². The lowest BCUT2D eigenvalue weighted by Crippen LogP contribution is -2.65. The van der Waals surface area contributed by atoms with Crippen molar-refractivity contribution < 1.29 is 19.1 Å². The van der Waals surface area contributed by atoms with E-state index in [4.69, 9.17) is 32.7 Å². The SMILES string of the molecule is COc1ccc(CN2C(=O)[C@H](CCCl)[C@]3(CCCCl)OC(=O)[C@H]23)cc1. The van der Waals surface area contributed by atoms with Crippen molar-refractivity contribution in [1.82, 2.24) is 4.90 Å². The maximum atomic E-state index is 13.0. The number of rotatable bonds is 8. The molecule has 0 saturated carbocycles. The van der Waals surface area contributed by atoms with Crippen molar-refractivity contribution in [3.05, 3.63) is 29.8 Å². The summed E-state index contributed by atoms with van der Waals surface area (Å²) in [5.41, 5.74) is 0.163. The largest absolute Gasteiger partial charge is 0.497 e. The Morgan fingerprint density at radius 3 is 2.48 bits per heavy atom. The summed E-state index contributed by atoms with van der Waals surface area (Å²) < 4.78 is 10.7. The van der Waals surface area contributed by atoms with Crippen LogP contribution in [0.1, 0.15) is 24.8 Å². The summed E-state index contributed by atoms with van der Waals surface area (Å²) in [7, 11) is 1.60. The standard InChI is InChI=1S/C18H21Cl2NO4/c1-24-13-5-3-12(4-6-13)11-21-15-17(23)25-18(15,8-2-9-19)14(7-10-20)16(21)22/h3-6,14-15H,2,7-11H2,1H3/t14-,15-,18-/m0/s1. The van der Waals surface area contributed by atoms with Gasteiger partial charge in [-0.05, 0) is 37.0 Å². The number of methoxy groups -OCH3 is 1. The average molecular weight is 386 g/mol. The Labute approximate surface area is 157 Å². The lowest BCUT2D eigenvalue weighted by molar-refractivity contribution is -0.212. The molecule has 2 heterocycles. The first kappa shape index (κ1) is 18.3. The van der Waals surface area contributed by atoms with Crippen molar-refractivity contribution in [2.75, 3.05) is 18.9 Å². The molecule has 0 bridgehead atoms. The molecule has 3 atom stereocenters. The molecule has 3 rings (SSSR count). The maximum Gasteiger partial charge on any atom is 0.333 e. The molecule has 136 valence electrons. The van der Waals surface area contributed by atoms with E-state index in [0.29, 0.717) is 37.6 Å². The second-order valence-electron chi connectivity index (χ2n) is 6.42. The van der Waals surface area contributed by atoms with Crippen molar-refractivity contribution in [2.45, 2.75) is 37.5 Å².